The number of rotatable bonds is 4. The third kappa shape index (κ3) is 3.58. The summed E-state index contributed by atoms with van der Waals surface area (Å²) in [4.78, 5) is 22.1. The number of aliphatic hydroxyl groups excluding tert-OH is 1. The number of carbonyl (C=O) groups is 1. The van der Waals surface area contributed by atoms with E-state index in [0.29, 0.717) is 12.1 Å². The molecule has 1 aliphatic heterocycles. The predicted octanol–water partition coefficient (Wildman–Crippen LogP) is 1.99. The van der Waals surface area contributed by atoms with Gasteiger partial charge in [0.1, 0.15) is 0 Å². The maximum atomic E-state index is 12.5. The van der Waals surface area contributed by atoms with Gasteiger partial charge in [-0.1, -0.05) is 6.07 Å². The smallest absolute Gasteiger partial charge is 0.251 e. The molecule has 6 nitrogen and oxygen atoms in total. The fourth-order valence-corrected chi connectivity index (χ4v) is 3.84. The van der Waals surface area contributed by atoms with Crippen molar-refractivity contribution in [3.8, 4) is 0 Å². The predicted molar refractivity (Wildman–Crippen MR) is 97.6 cm³/mol. The summed E-state index contributed by atoms with van der Waals surface area (Å²) < 4.78 is 0. The van der Waals surface area contributed by atoms with Crippen LogP contribution >= 0.6 is 11.3 Å². The molecule has 0 bridgehead atoms. The quantitative estimate of drug-likeness (QED) is 0.668. The summed E-state index contributed by atoms with van der Waals surface area (Å²) in [5.74, 6) is -0.145. The highest BCUT2D eigenvalue weighted by Gasteiger charge is 2.29. The molecule has 3 heterocycles. The standard InChI is InChI=1S/C18H20N4O2S/c23-17-9-22(8-14-10-25-11-20-14)6-4-15(17)21-18(24)13-2-1-12-3-5-19-16(12)7-13/h1-3,5,7,10-11,15,17,19,23H,4,6,8-9H2,(H,21,24)/t15-,17-/m1/s1. The number of nitrogens with one attached hydrogen (secondary N) is 2. The van der Waals surface area contributed by atoms with Crippen LogP contribution in [0.15, 0.2) is 41.4 Å². The number of thiazole rings is 1. The van der Waals surface area contributed by atoms with E-state index in [2.05, 4.69) is 20.2 Å². The second kappa shape index (κ2) is 6.95. The van der Waals surface area contributed by atoms with Crippen LogP contribution < -0.4 is 5.32 Å². The van der Waals surface area contributed by atoms with Crippen LogP contribution in [0.4, 0.5) is 0 Å². The maximum absolute atomic E-state index is 12.5. The fraction of sp³-hybridized carbons (Fsp3) is 0.333. The number of carbonyl (C=O) groups excluding carboxylic acids is 1. The highest BCUT2D eigenvalue weighted by Crippen LogP contribution is 2.17. The average Bonchev–Trinajstić information content (AvgIpc) is 3.27. The van der Waals surface area contributed by atoms with Gasteiger partial charge in [0.2, 0.25) is 0 Å². The van der Waals surface area contributed by atoms with Gasteiger partial charge in [0.15, 0.2) is 0 Å². The second-order valence-corrected chi connectivity index (χ2v) is 7.15. The summed E-state index contributed by atoms with van der Waals surface area (Å²) in [6.07, 6.45) is 2.00. The van der Waals surface area contributed by atoms with Gasteiger partial charge in [-0.2, -0.15) is 0 Å². The minimum atomic E-state index is -0.578. The Morgan fingerprint density at radius 2 is 2.36 bits per heavy atom. The largest absolute Gasteiger partial charge is 0.390 e. The Kier molecular flexibility index (Phi) is 4.52. The molecule has 1 aromatic carbocycles. The van der Waals surface area contributed by atoms with Gasteiger partial charge in [-0.3, -0.25) is 9.69 Å². The van der Waals surface area contributed by atoms with Gasteiger partial charge in [-0.05, 0) is 30.0 Å². The Bertz CT molecular complexity index is 861. The number of β-amino-alcohol motifs (C(OH)–C–C–N with tert-alkyl or cyclic N) is 1. The van der Waals surface area contributed by atoms with Crippen molar-refractivity contribution in [3.63, 3.8) is 0 Å². The summed E-state index contributed by atoms with van der Waals surface area (Å²) in [6, 6.07) is 7.33. The Balaban J connectivity index is 1.37. The lowest BCUT2D eigenvalue weighted by atomic mass is 10.0. The number of aromatic amines is 1. The zero-order valence-electron chi connectivity index (χ0n) is 13.7. The van der Waals surface area contributed by atoms with Crippen molar-refractivity contribution < 1.29 is 9.90 Å². The van der Waals surface area contributed by atoms with Gasteiger partial charge in [-0.25, -0.2) is 4.98 Å². The SMILES string of the molecule is O=C(N[C@@H]1CCN(Cc2cscn2)C[C@H]1O)c1ccc2cc[nH]c2c1. The molecule has 2 aromatic heterocycles. The van der Waals surface area contributed by atoms with E-state index in [1.807, 2.05) is 41.4 Å². The molecule has 0 saturated carbocycles. The van der Waals surface area contributed by atoms with Crippen LogP contribution in [0, 0.1) is 0 Å². The van der Waals surface area contributed by atoms with Crippen LogP contribution in [0.3, 0.4) is 0 Å². The number of fused-ring (bicyclic) bond motifs is 1. The molecular formula is C18H20N4O2S. The van der Waals surface area contributed by atoms with E-state index in [0.717, 1.165) is 36.1 Å². The number of hydrogen-bond acceptors (Lipinski definition) is 5. The van der Waals surface area contributed by atoms with E-state index in [-0.39, 0.29) is 11.9 Å². The van der Waals surface area contributed by atoms with Crippen molar-refractivity contribution in [2.75, 3.05) is 13.1 Å². The van der Waals surface area contributed by atoms with E-state index >= 15 is 0 Å². The summed E-state index contributed by atoms with van der Waals surface area (Å²) in [5.41, 5.74) is 4.39. The number of H-pyrrole nitrogens is 1. The third-order valence-electron chi connectivity index (χ3n) is 4.67. The first-order valence-corrected chi connectivity index (χ1v) is 9.29. The first kappa shape index (κ1) is 16.3. The molecule has 3 N–H and O–H groups in total. The molecule has 130 valence electrons. The molecule has 1 amide bonds. The van der Waals surface area contributed by atoms with Crippen LogP contribution in [0.25, 0.3) is 10.9 Å². The highest BCUT2D eigenvalue weighted by atomic mass is 32.1. The number of piperidine rings is 1. The third-order valence-corrected chi connectivity index (χ3v) is 5.30. The van der Waals surface area contributed by atoms with E-state index in [1.165, 1.54) is 0 Å². The molecule has 7 heteroatoms. The van der Waals surface area contributed by atoms with Gasteiger partial charge < -0.3 is 15.4 Å². The second-order valence-electron chi connectivity index (χ2n) is 6.43. The maximum Gasteiger partial charge on any atom is 0.251 e. The molecule has 4 rings (SSSR count). The summed E-state index contributed by atoms with van der Waals surface area (Å²) in [7, 11) is 0. The lowest BCUT2D eigenvalue weighted by molar-refractivity contribution is 0.0346. The lowest BCUT2D eigenvalue weighted by Crippen LogP contribution is -2.53. The van der Waals surface area contributed by atoms with Gasteiger partial charge in [0.25, 0.3) is 5.91 Å². The molecule has 3 aromatic rings. The molecule has 1 fully saturated rings. The molecule has 25 heavy (non-hydrogen) atoms. The van der Waals surface area contributed by atoms with Gasteiger partial charge >= 0.3 is 0 Å². The van der Waals surface area contributed by atoms with Crippen LogP contribution in [-0.2, 0) is 6.54 Å². The minimum Gasteiger partial charge on any atom is -0.390 e. The Hall–Kier alpha value is -2.22. The molecule has 0 aliphatic carbocycles. The van der Waals surface area contributed by atoms with Crippen molar-refractivity contribution in [2.45, 2.75) is 25.1 Å². The van der Waals surface area contributed by atoms with Crippen LogP contribution in [0.5, 0.6) is 0 Å². The van der Waals surface area contributed by atoms with Crippen molar-refractivity contribution in [1.29, 1.82) is 0 Å². The Morgan fingerprint density at radius 1 is 1.44 bits per heavy atom. The molecule has 0 unspecified atom stereocenters. The van der Waals surface area contributed by atoms with E-state index in [9.17, 15) is 9.90 Å². The first-order valence-electron chi connectivity index (χ1n) is 8.34. The van der Waals surface area contributed by atoms with Crippen molar-refractivity contribution in [3.05, 3.63) is 52.6 Å². The number of likely N-dealkylation sites (tertiary alicyclic amines) is 1. The van der Waals surface area contributed by atoms with Crippen LogP contribution in [0.1, 0.15) is 22.5 Å². The lowest BCUT2D eigenvalue weighted by Gasteiger charge is -2.35. The number of hydrogen-bond donors (Lipinski definition) is 3. The van der Waals surface area contributed by atoms with Crippen molar-refractivity contribution in [1.82, 2.24) is 20.2 Å². The van der Waals surface area contributed by atoms with Crippen LogP contribution in [-0.4, -0.2) is 51.1 Å². The molecule has 0 radical (unpaired) electrons. The fourth-order valence-electron chi connectivity index (χ4n) is 3.29. The molecule has 1 saturated heterocycles. The van der Waals surface area contributed by atoms with Gasteiger partial charge in [0, 0.05) is 42.3 Å². The minimum absolute atomic E-state index is 0.145. The molecule has 1 aliphatic rings. The van der Waals surface area contributed by atoms with Gasteiger partial charge in [0.05, 0.1) is 23.4 Å². The normalized spacial score (nSPS) is 21.5. The summed E-state index contributed by atoms with van der Waals surface area (Å²) in [6.45, 7) is 2.11. The number of benzene rings is 1. The van der Waals surface area contributed by atoms with E-state index < -0.39 is 6.10 Å². The van der Waals surface area contributed by atoms with E-state index in [4.69, 9.17) is 0 Å². The van der Waals surface area contributed by atoms with E-state index in [1.54, 1.807) is 11.3 Å². The number of amides is 1. The van der Waals surface area contributed by atoms with Crippen molar-refractivity contribution in [2.24, 2.45) is 0 Å². The number of aliphatic hydroxyl groups is 1. The Labute approximate surface area is 149 Å². The number of aromatic nitrogens is 2. The Morgan fingerprint density at radius 3 is 3.16 bits per heavy atom. The molecular weight excluding hydrogens is 336 g/mol. The zero-order chi connectivity index (χ0) is 17.2. The number of nitrogens with zero attached hydrogens (tertiary/aromatic N) is 2. The van der Waals surface area contributed by atoms with Crippen molar-refractivity contribution >= 4 is 28.1 Å². The zero-order valence-corrected chi connectivity index (χ0v) is 14.5. The van der Waals surface area contributed by atoms with Gasteiger partial charge in [-0.15, -0.1) is 11.3 Å². The summed E-state index contributed by atoms with van der Waals surface area (Å²) in [5, 5.41) is 16.5. The first-order chi connectivity index (χ1) is 12.2. The average molecular weight is 356 g/mol. The topological polar surface area (TPSA) is 81.2 Å². The molecule has 0 spiro atoms. The monoisotopic (exact) mass is 356 g/mol. The highest BCUT2D eigenvalue weighted by molar-refractivity contribution is 7.07. The molecule has 2 atom stereocenters. The summed E-state index contributed by atoms with van der Waals surface area (Å²) >= 11 is 1.58. The van der Waals surface area contributed by atoms with Crippen LogP contribution in [0.2, 0.25) is 0 Å².